The molecule has 0 fully saturated rings. The molecule has 0 radical (unpaired) electrons. The van der Waals surface area contributed by atoms with Crippen LogP contribution in [-0.4, -0.2) is 39.2 Å². The van der Waals surface area contributed by atoms with Crippen LogP contribution in [0.3, 0.4) is 0 Å². The van der Waals surface area contributed by atoms with Crippen molar-refractivity contribution in [3.8, 4) is 0 Å². The molecule has 0 unspecified atom stereocenters. The predicted molar refractivity (Wildman–Crippen MR) is 103 cm³/mol. The van der Waals surface area contributed by atoms with Gasteiger partial charge in [0.2, 0.25) is 0 Å². The molecule has 4 aromatic rings. The first-order valence-electron chi connectivity index (χ1n) is 8.17. The van der Waals surface area contributed by atoms with Crippen LogP contribution in [-0.2, 0) is 14.2 Å². The van der Waals surface area contributed by atoms with Gasteiger partial charge in [0.15, 0.2) is 5.58 Å². The maximum atomic E-state index is 12.7. The summed E-state index contributed by atoms with van der Waals surface area (Å²) < 4.78 is 22.1. The van der Waals surface area contributed by atoms with Crippen LogP contribution < -0.4 is 0 Å². The Kier molecular flexibility index (Phi) is 4.27. The van der Waals surface area contributed by atoms with Gasteiger partial charge in [-0.2, -0.15) is 0 Å². The first-order valence-corrected chi connectivity index (χ1v) is 8.99. The van der Waals surface area contributed by atoms with Crippen molar-refractivity contribution in [3.05, 3.63) is 47.0 Å². The van der Waals surface area contributed by atoms with Gasteiger partial charge in [0, 0.05) is 10.1 Å². The second kappa shape index (κ2) is 6.65. The Hall–Kier alpha value is -3.39. The third-order valence-electron chi connectivity index (χ3n) is 4.46. The molecule has 2 heterocycles. The van der Waals surface area contributed by atoms with E-state index in [0.717, 1.165) is 10.1 Å². The molecule has 2 aromatic carbocycles. The molecule has 0 N–H and O–H groups in total. The third kappa shape index (κ3) is 2.45. The molecular weight excluding hydrogens is 384 g/mol. The van der Waals surface area contributed by atoms with Crippen LogP contribution in [0.2, 0.25) is 0 Å². The monoisotopic (exact) mass is 398 g/mol. The number of hydrogen-bond donors (Lipinski definition) is 0. The molecule has 8 heteroatoms. The third-order valence-corrected chi connectivity index (χ3v) is 5.63. The van der Waals surface area contributed by atoms with E-state index in [4.69, 9.17) is 18.6 Å². The molecule has 0 aliphatic rings. The number of hydrogen-bond acceptors (Lipinski definition) is 8. The lowest BCUT2D eigenvalue weighted by Crippen LogP contribution is -2.18. The molecule has 142 valence electrons. The Bertz CT molecular complexity index is 1280. The maximum Gasteiger partial charge on any atom is 0.339 e. The number of esters is 3. The van der Waals surface area contributed by atoms with Gasteiger partial charge in [-0.05, 0) is 18.2 Å². The number of fused-ring (bicyclic) bond motifs is 5. The van der Waals surface area contributed by atoms with Crippen LogP contribution in [0.4, 0.5) is 0 Å². The summed E-state index contributed by atoms with van der Waals surface area (Å²) in [7, 11) is 3.54. The first kappa shape index (κ1) is 18.0. The quantitative estimate of drug-likeness (QED) is 0.378. The molecule has 28 heavy (non-hydrogen) atoms. The summed E-state index contributed by atoms with van der Waals surface area (Å²) in [4.78, 5) is 37.5. The van der Waals surface area contributed by atoms with Gasteiger partial charge in [0.1, 0.15) is 5.58 Å². The molecular formula is C20H14O7S. The summed E-state index contributed by atoms with van der Waals surface area (Å²) in [5.74, 6) is -2.42. The highest BCUT2D eigenvalue weighted by Gasteiger charge is 2.32. The maximum absolute atomic E-state index is 12.7. The lowest BCUT2D eigenvalue weighted by Gasteiger charge is -2.11. The Balaban J connectivity index is 2.24. The average Bonchev–Trinajstić information content (AvgIpc) is 3.26. The summed E-state index contributed by atoms with van der Waals surface area (Å²) in [6.07, 6.45) is 0. The van der Waals surface area contributed by atoms with E-state index in [-0.39, 0.29) is 22.3 Å². The largest absolute Gasteiger partial charge is 0.465 e. The summed E-state index contributed by atoms with van der Waals surface area (Å²) in [5, 5.41) is 1.27. The number of benzene rings is 2. The highest BCUT2D eigenvalue weighted by molar-refractivity contribution is 7.26. The van der Waals surface area contributed by atoms with Crippen LogP contribution in [0.15, 0.2) is 34.7 Å². The second-order valence-corrected chi connectivity index (χ2v) is 6.93. The van der Waals surface area contributed by atoms with Gasteiger partial charge in [0.05, 0.1) is 48.1 Å². The number of thiophene rings is 1. The Labute approximate surface area is 162 Å². The van der Waals surface area contributed by atoms with Gasteiger partial charge >= 0.3 is 17.9 Å². The van der Waals surface area contributed by atoms with Crippen molar-refractivity contribution in [1.29, 1.82) is 0 Å². The van der Waals surface area contributed by atoms with Crippen molar-refractivity contribution in [1.82, 2.24) is 0 Å². The van der Waals surface area contributed by atoms with Crippen molar-refractivity contribution in [2.24, 2.45) is 0 Å². The number of methoxy groups -OCH3 is 3. The highest BCUT2D eigenvalue weighted by atomic mass is 32.1. The average molecular weight is 398 g/mol. The predicted octanol–water partition coefficient (Wildman–Crippen LogP) is 4.16. The Morgan fingerprint density at radius 1 is 0.893 bits per heavy atom. The summed E-state index contributed by atoms with van der Waals surface area (Å²) >= 11 is 1.42. The van der Waals surface area contributed by atoms with Crippen molar-refractivity contribution in [2.75, 3.05) is 21.3 Å². The highest BCUT2D eigenvalue weighted by Crippen LogP contribution is 2.43. The molecule has 0 bridgehead atoms. The molecule has 0 aliphatic carbocycles. The summed E-state index contributed by atoms with van der Waals surface area (Å²) in [5.41, 5.74) is 0.415. The fourth-order valence-electron chi connectivity index (χ4n) is 3.25. The van der Waals surface area contributed by atoms with E-state index >= 15 is 0 Å². The molecule has 0 spiro atoms. The van der Waals surface area contributed by atoms with E-state index in [0.29, 0.717) is 15.7 Å². The minimum Gasteiger partial charge on any atom is -0.465 e. The normalized spacial score (nSPS) is 11.1. The zero-order chi connectivity index (χ0) is 20.0. The SMILES string of the molecule is COC(=O)c1cc2oc3c4ccccc4sc3c2c(C(=O)OC)c1C(=O)OC. The van der Waals surface area contributed by atoms with Crippen molar-refractivity contribution >= 4 is 60.6 Å². The molecule has 7 nitrogen and oxygen atoms in total. The topological polar surface area (TPSA) is 92.0 Å². The number of carbonyl (C=O) groups excluding carboxylic acids is 3. The first-order chi connectivity index (χ1) is 13.5. The van der Waals surface area contributed by atoms with Crippen LogP contribution in [0, 0.1) is 0 Å². The number of furan rings is 1. The zero-order valence-electron chi connectivity index (χ0n) is 15.2. The number of carbonyl (C=O) groups is 3. The van der Waals surface area contributed by atoms with Crippen LogP contribution in [0.25, 0.3) is 31.3 Å². The van der Waals surface area contributed by atoms with Crippen molar-refractivity contribution in [2.45, 2.75) is 0 Å². The van der Waals surface area contributed by atoms with E-state index in [2.05, 4.69) is 0 Å². The smallest absolute Gasteiger partial charge is 0.339 e. The van der Waals surface area contributed by atoms with Gasteiger partial charge < -0.3 is 18.6 Å². The van der Waals surface area contributed by atoms with E-state index in [1.807, 2.05) is 24.3 Å². The van der Waals surface area contributed by atoms with Crippen LogP contribution in [0.1, 0.15) is 31.1 Å². The van der Waals surface area contributed by atoms with Gasteiger partial charge in [0.25, 0.3) is 0 Å². The van der Waals surface area contributed by atoms with E-state index in [1.165, 1.54) is 38.7 Å². The number of ether oxygens (including phenoxy) is 3. The van der Waals surface area contributed by atoms with Gasteiger partial charge in [-0.1, -0.05) is 12.1 Å². The summed E-state index contributed by atoms with van der Waals surface area (Å²) in [6, 6.07) is 9.00. The minimum absolute atomic E-state index is 0.0856. The molecule has 2 aromatic heterocycles. The molecule has 0 aliphatic heterocycles. The molecule has 0 amide bonds. The summed E-state index contributed by atoms with van der Waals surface area (Å²) in [6.45, 7) is 0. The second-order valence-electron chi connectivity index (χ2n) is 5.88. The van der Waals surface area contributed by atoms with E-state index in [9.17, 15) is 14.4 Å². The van der Waals surface area contributed by atoms with Crippen molar-refractivity contribution in [3.63, 3.8) is 0 Å². The van der Waals surface area contributed by atoms with Crippen LogP contribution >= 0.6 is 11.3 Å². The van der Waals surface area contributed by atoms with Gasteiger partial charge in [-0.15, -0.1) is 11.3 Å². The molecule has 0 saturated carbocycles. The number of rotatable bonds is 3. The van der Waals surface area contributed by atoms with E-state index < -0.39 is 17.9 Å². The van der Waals surface area contributed by atoms with Gasteiger partial charge in [-0.3, -0.25) is 0 Å². The van der Waals surface area contributed by atoms with E-state index in [1.54, 1.807) is 0 Å². The fraction of sp³-hybridized carbons (Fsp3) is 0.150. The minimum atomic E-state index is -0.849. The molecule has 0 atom stereocenters. The fourth-order valence-corrected chi connectivity index (χ4v) is 4.44. The molecule has 0 saturated heterocycles. The molecule has 4 rings (SSSR count). The lowest BCUT2D eigenvalue weighted by atomic mass is 9.97. The zero-order valence-corrected chi connectivity index (χ0v) is 16.0. The van der Waals surface area contributed by atoms with Crippen LogP contribution in [0.5, 0.6) is 0 Å². The lowest BCUT2D eigenvalue weighted by molar-refractivity contribution is 0.0537. The van der Waals surface area contributed by atoms with Gasteiger partial charge in [-0.25, -0.2) is 14.4 Å². The standard InChI is InChI=1S/C20H14O7S/c1-24-18(21)10-8-11-14(15(20(23)26-3)13(10)19(22)25-2)17-16(27-11)9-6-4-5-7-12(9)28-17/h4-8H,1-3H3. The van der Waals surface area contributed by atoms with Crippen molar-refractivity contribution < 1.29 is 33.0 Å². The Morgan fingerprint density at radius 2 is 1.54 bits per heavy atom. The Morgan fingerprint density at radius 3 is 2.21 bits per heavy atom.